The number of nitrogens with zero attached hydrogens (tertiary/aromatic N) is 1. The van der Waals surface area contributed by atoms with Crippen molar-refractivity contribution < 1.29 is 4.79 Å². The molecule has 0 aromatic rings. The number of carbonyl (C=O) groups is 1. The molecular formula is C10H22N2OS. The Kier molecular flexibility index (Phi) is 8.94. The summed E-state index contributed by atoms with van der Waals surface area (Å²) in [5.74, 6) is 0. The van der Waals surface area contributed by atoms with Crippen LogP contribution in [0.3, 0.4) is 0 Å². The summed E-state index contributed by atoms with van der Waals surface area (Å²) in [6, 6.07) is 0.0550. The van der Waals surface area contributed by atoms with Crippen LogP contribution in [0.5, 0.6) is 0 Å². The molecule has 0 atom stereocenters. The van der Waals surface area contributed by atoms with Crippen molar-refractivity contribution >= 4 is 18.0 Å². The molecule has 0 aliphatic rings. The molecule has 0 spiro atoms. The fraction of sp³-hybridized carbons (Fsp3) is 0.900. The van der Waals surface area contributed by atoms with E-state index in [9.17, 15) is 4.79 Å². The molecule has 0 saturated carbocycles. The van der Waals surface area contributed by atoms with E-state index in [2.05, 4.69) is 18.6 Å². The van der Waals surface area contributed by atoms with Crippen molar-refractivity contribution in [1.29, 1.82) is 0 Å². The van der Waals surface area contributed by atoms with Gasteiger partial charge in [-0.15, -0.1) is 0 Å². The van der Waals surface area contributed by atoms with Gasteiger partial charge in [-0.25, -0.2) is 4.79 Å². The summed E-state index contributed by atoms with van der Waals surface area (Å²) in [4.78, 5) is 13.5. The highest BCUT2D eigenvalue weighted by Gasteiger charge is 2.10. The van der Waals surface area contributed by atoms with Gasteiger partial charge >= 0.3 is 6.03 Å². The molecule has 1 N–H and O–H groups in total. The van der Waals surface area contributed by atoms with E-state index >= 15 is 0 Å². The Hall–Kier alpha value is -0.380. The largest absolute Gasteiger partial charge is 0.327 e. The maximum Gasteiger partial charge on any atom is 0.327 e. The van der Waals surface area contributed by atoms with Gasteiger partial charge in [0.1, 0.15) is 0 Å². The molecular weight excluding hydrogens is 196 g/mol. The van der Waals surface area contributed by atoms with Gasteiger partial charge in [-0.3, -0.25) is 4.72 Å². The third kappa shape index (κ3) is 6.13. The molecule has 0 heterocycles. The molecule has 0 aliphatic carbocycles. The molecule has 0 bridgehead atoms. The lowest BCUT2D eigenvalue weighted by Gasteiger charge is -2.21. The normalized spacial score (nSPS) is 9.93. The van der Waals surface area contributed by atoms with E-state index in [1.165, 1.54) is 11.9 Å². The Labute approximate surface area is 91.8 Å². The van der Waals surface area contributed by atoms with Crippen LogP contribution < -0.4 is 4.72 Å². The van der Waals surface area contributed by atoms with Gasteiger partial charge in [-0.1, -0.05) is 38.6 Å². The molecule has 0 aliphatic heterocycles. The summed E-state index contributed by atoms with van der Waals surface area (Å²) >= 11 is 1.36. The Bertz CT molecular complexity index is 145. The predicted octanol–water partition coefficient (Wildman–Crippen LogP) is 2.88. The topological polar surface area (TPSA) is 32.3 Å². The van der Waals surface area contributed by atoms with Gasteiger partial charge in [0.25, 0.3) is 0 Å². The van der Waals surface area contributed by atoms with Crippen LogP contribution >= 0.6 is 11.9 Å². The molecule has 0 aromatic carbocycles. The van der Waals surface area contributed by atoms with Crippen LogP contribution in [0.15, 0.2) is 0 Å². The molecule has 0 fully saturated rings. The number of amides is 2. The number of unbranched alkanes of at least 4 members (excludes halogenated alkanes) is 2. The minimum atomic E-state index is 0.0550. The van der Waals surface area contributed by atoms with Crippen LogP contribution in [0.2, 0.25) is 0 Å². The van der Waals surface area contributed by atoms with E-state index in [1.54, 1.807) is 0 Å². The summed E-state index contributed by atoms with van der Waals surface area (Å²) in [7, 11) is 0. The fourth-order valence-corrected chi connectivity index (χ4v) is 1.47. The van der Waals surface area contributed by atoms with Crippen molar-refractivity contribution in [2.75, 3.05) is 19.3 Å². The average Bonchev–Trinajstić information content (AvgIpc) is 2.18. The van der Waals surface area contributed by atoms with Crippen molar-refractivity contribution in [1.82, 2.24) is 9.62 Å². The zero-order valence-corrected chi connectivity index (χ0v) is 10.3. The van der Waals surface area contributed by atoms with E-state index in [0.717, 1.165) is 38.8 Å². The summed E-state index contributed by atoms with van der Waals surface area (Å²) in [6.07, 6.45) is 6.32. The van der Waals surface area contributed by atoms with Crippen LogP contribution in [-0.2, 0) is 0 Å². The third-order valence-electron chi connectivity index (χ3n) is 2.04. The number of rotatable bonds is 7. The molecule has 14 heavy (non-hydrogen) atoms. The summed E-state index contributed by atoms with van der Waals surface area (Å²) in [5.41, 5.74) is 0. The van der Waals surface area contributed by atoms with Crippen molar-refractivity contribution in [3.8, 4) is 0 Å². The standard InChI is InChI=1S/C10H22N2OS/c1-4-6-8-12(9-7-5-2)10(13)11-14-3/h4-9H2,1-3H3,(H,11,13). The van der Waals surface area contributed by atoms with E-state index in [1.807, 2.05) is 11.2 Å². The zero-order chi connectivity index (χ0) is 10.8. The van der Waals surface area contributed by atoms with E-state index < -0.39 is 0 Å². The highest BCUT2D eigenvalue weighted by molar-refractivity contribution is 7.97. The van der Waals surface area contributed by atoms with Crippen molar-refractivity contribution in [3.63, 3.8) is 0 Å². The molecule has 3 nitrogen and oxygen atoms in total. The Balaban J connectivity index is 3.88. The van der Waals surface area contributed by atoms with Gasteiger partial charge in [-0.05, 0) is 12.8 Å². The van der Waals surface area contributed by atoms with Gasteiger partial charge in [0.15, 0.2) is 0 Å². The number of nitrogens with one attached hydrogen (secondary N) is 1. The molecule has 0 unspecified atom stereocenters. The van der Waals surface area contributed by atoms with Crippen LogP contribution in [0.25, 0.3) is 0 Å². The molecule has 2 amide bonds. The van der Waals surface area contributed by atoms with Gasteiger partial charge < -0.3 is 4.90 Å². The number of hydrogen-bond acceptors (Lipinski definition) is 2. The van der Waals surface area contributed by atoms with Crippen LogP contribution in [0.1, 0.15) is 39.5 Å². The van der Waals surface area contributed by atoms with Gasteiger partial charge in [0, 0.05) is 19.3 Å². The maximum atomic E-state index is 11.5. The first-order valence-electron chi connectivity index (χ1n) is 5.34. The van der Waals surface area contributed by atoms with E-state index in [4.69, 9.17) is 0 Å². The molecule has 0 rings (SSSR count). The first kappa shape index (κ1) is 13.6. The van der Waals surface area contributed by atoms with Crippen molar-refractivity contribution in [2.24, 2.45) is 0 Å². The molecule has 0 radical (unpaired) electrons. The molecule has 4 heteroatoms. The van der Waals surface area contributed by atoms with Crippen LogP contribution in [-0.4, -0.2) is 30.3 Å². The SMILES string of the molecule is CCCCN(CCCC)C(=O)NSC. The summed E-state index contributed by atoms with van der Waals surface area (Å²) < 4.78 is 2.77. The highest BCUT2D eigenvalue weighted by atomic mass is 32.2. The summed E-state index contributed by atoms with van der Waals surface area (Å²) in [6.45, 7) is 6.04. The van der Waals surface area contributed by atoms with Crippen LogP contribution in [0.4, 0.5) is 4.79 Å². The number of hydrogen-bond donors (Lipinski definition) is 1. The second kappa shape index (κ2) is 9.19. The van der Waals surface area contributed by atoms with Gasteiger partial charge in [0.2, 0.25) is 0 Å². The lowest BCUT2D eigenvalue weighted by atomic mass is 10.3. The Morgan fingerprint density at radius 3 is 2.07 bits per heavy atom. The van der Waals surface area contributed by atoms with Gasteiger partial charge in [0.05, 0.1) is 0 Å². The van der Waals surface area contributed by atoms with Gasteiger partial charge in [-0.2, -0.15) is 0 Å². The first-order chi connectivity index (χ1) is 6.76. The zero-order valence-electron chi connectivity index (χ0n) is 9.51. The third-order valence-corrected chi connectivity index (χ3v) is 2.42. The van der Waals surface area contributed by atoms with E-state index in [0.29, 0.717) is 0 Å². The molecule has 0 saturated heterocycles. The number of urea groups is 1. The quantitative estimate of drug-likeness (QED) is 0.666. The Morgan fingerprint density at radius 1 is 1.21 bits per heavy atom. The molecule has 84 valence electrons. The monoisotopic (exact) mass is 218 g/mol. The smallest absolute Gasteiger partial charge is 0.324 e. The molecule has 0 aromatic heterocycles. The van der Waals surface area contributed by atoms with Crippen molar-refractivity contribution in [2.45, 2.75) is 39.5 Å². The predicted molar refractivity (Wildman–Crippen MR) is 63.4 cm³/mol. The van der Waals surface area contributed by atoms with E-state index in [-0.39, 0.29) is 6.03 Å². The number of carbonyl (C=O) groups excluding carboxylic acids is 1. The second-order valence-corrected chi connectivity index (χ2v) is 3.92. The fourth-order valence-electron chi connectivity index (χ4n) is 1.16. The minimum Gasteiger partial charge on any atom is -0.324 e. The second-order valence-electron chi connectivity index (χ2n) is 3.31. The lowest BCUT2D eigenvalue weighted by Crippen LogP contribution is -2.38. The minimum absolute atomic E-state index is 0.0550. The van der Waals surface area contributed by atoms with Crippen molar-refractivity contribution in [3.05, 3.63) is 0 Å². The summed E-state index contributed by atoms with van der Waals surface area (Å²) in [5, 5.41) is 0. The highest BCUT2D eigenvalue weighted by Crippen LogP contribution is 2.01. The lowest BCUT2D eigenvalue weighted by molar-refractivity contribution is 0.202. The maximum absolute atomic E-state index is 11.5. The average molecular weight is 218 g/mol. The Morgan fingerprint density at radius 2 is 1.71 bits per heavy atom. The first-order valence-corrected chi connectivity index (χ1v) is 6.56. The van der Waals surface area contributed by atoms with Crippen LogP contribution in [0, 0.1) is 0 Å².